The fourth-order valence-electron chi connectivity index (χ4n) is 2.75. The number of thiazole rings is 1. The third kappa shape index (κ3) is 3.10. The number of anilines is 1. The largest absolute Gasteiger partial charge is 0.348 e. The second kappa shape index (κ2) is 6.56. The van der Waals surface area contributed by atoms with E-state index in [1.165, 1.54) is 17.4 Å². The summed E-state index contributed by atoms with van der Waals surface area (Å²) in [5.41, 5.74) is 1.53. The first-order valence-electron chi connectivity index (χ1n) is 8.32. The normalized spacial score (nSPS) is 15.0. The number of carbonyl (C=O) groups excluding carboxylic acids is 1. The lowest BCUT2D eigenvalue weighted by molar-refractivity contribution is 0.0648. The molecular weight excluding hydrogens is 355 g/mol. The lowest BCUT2D eigenvalue weighted by atomic mass is 10.1. The monoisotopic (exact) mass is 372 g/mol. The first kappa shape index (κ1) is 16.8. The molecule has 7 nitrogen and oxygen atoms in total. The molecule has 1 aliphatic rings. The summed E-state index contributed by atoms with van der Waals surface area (Å²) in [6.45, 7) is 5.22. The molecule has 4 rings (SSSR count). The number of carbonyl (C=O) groups is 1. The fraction of sp³-hybridized carbons (Fsp3) is 0.353. The molecule has 3 aromatic rings. The summed E-state index contributed by atoms with van der Waals surface area (Å²) in [6.07, 6.45) is 3.75. The second-order valence-corrected chi connectivity index (χ2v) is 7.43. The minimum absolute atomic E-state index is 0.101. The molecule has 0 aromatic carbocycles. The number of hydrogen-bond acceptors (Lipinski definition) is 7. The number of nitrogens with zero attached hydrogens (tertiary/aromatic N) is 5. The van der Waals surface area contributed by atoms with Crippen molar-refractivity contribution in [2.45, 2.75) is 26.3 Å². The van der Waals surface area contributed by atoms with Crippen molar-refractivity contribution in [3.8, 4) is 0 Å². The fourth-order valence-corrected chi connectivity index (χ4v) is 3.59. The Kier molecular flexibility index (Phi) is 4.23. The molecule has 134 valence electrons. The van der Waals surface area contributed by atoms with Crippen LogP contribution in [-0.4, -0.2) is 43.8 Å². The maximum Gasteiger partial charge on any atom is 0.274 e. The Morgan fingerprint density at radius 1 is 1.31 bits per heavy atom. The molecule has 26 heavy (non-hydrogen) atoms. The number of aromatic nitrogens is 4. The van der Waals surface area contributed by atoms with Gasteiger partial charge < -0.3 is 10.2 Å². The van der Waals surface area contributed by atoms with Crippen LogP contribution in [0.1, 0.15) is 40.4 Å². The molecule has 1 saturated heterocycles. The Labute approximate surface area is 153 Å². The molecule has 1 unspecified atom stereocenters. The number of hydrogen-bond donors (Lipinski definition) is 1. The average Bonchev–Trinajstić information content (AvgIpc) is 2.92. The predicted octanol–water partition coefficient (Wildman–Crippen LogP) is 2.95. The van der Waals surface area contributed by atoms with Gasteiger partial charge in [-0.1, -0.05) is 0 Å². The minimum Gasteiger partial charge on any atom is -0.348 e. The van der Waals surface area contributed by atoms with Crippen LogP contribution in [-0.2, 0) is 0 Å². The number of pyridine rings is 1. The number of likely N-dealkylation sites (tertiary alicyclic amines) is 1. The van der Waals surface area contributed by atoms with Gasteiger partial charge in [-0.25, -0.2) is 14.4 Å². The molecule has 1 amide bonds. The zero-order valence-electron chi connectivity index (χ0n) is 14.4. The van der Waals surface area contributed by atoms with Crippen LogP contribution in [0.25, 0.3) is 10.3 Å². The molecule has 4 heterocycles. The van der Waals surface area contributed by atoms with Crippen LogP contribution in [0.5, 0.6) is 0 Å². The summed E-state index contributed by atoms with van der Waals surface area (Å²) in [5, 5.41) is 3.95. The number of halogens is 1. The summed E-state index contributed by atoms with van der Waals surface area (Å²) in [6, 6.07) is 1.13. The first-order valence-corrected chi connectivity index (χ1v) is 9.14. The number of rotatable bonds is 4. The van der Waals surface area contributed by atoms with Gasteiger partial charge in [-0.3, -0.25) is 9.78 Å². The van der Waals surface area contributed by atoms with Crippen molar-refractivity contribution in [1.29, 1.82) is 0 Å². The maximum atomic E-state index is 13.4. The molecule has 3 aromatic heterocycles. The zero-order chi connectivity index (χ0) is 18.3. The van der Waals surface area contributed by atoms with E-state index in [0.717, 1.165) is 30.7 Å². The summed E-state index contributed by atoms with van der Waals surface area (Å²) >= 11 is 1.41. The zero-order valence-corrected chi connectivity index (χ0v) is 15.2. The molecule has 1 fully saturated rings. The topological polar surface area (TPSA) is 83.9 Å². The standard InChI is InChI=1S/C17H17FN6OS/c1-9(11-6-12(18)8-19-7-11)20-17-22-13(16(25)24-4-3-5-24)14-15(23-17)21-10(2)26-14/h6-9H,3-5H2,1-2H3,(H,20,22,23). The highest BCUT2D eigenvalue weighted by atomic mass is 32.1. The van der Waals surface area contributed by atoms with E-state index in [-0.39, 0.29) is 11.9 Å². The number of nitrogens with one attached hydrogen (secondary N) is 1. The average molecular weight is 372 g/mol. The smallest absolute Gasteiger partial charge is 0.274 e. The number of amides is 1. The van der Waals surface area contributed by atoms with Gasteiger partial charge in [0.2, 0.25) is 5.95 Å². The van der Waals surface area contributed by atoms with Crippen LogP contribution in [0.4, 0.5) is 10.3 Å². The van der Waals surface area contributed by atoms with Crippen LogP contribution in [0, 0.1) is 12.7 Å². The van der Waals surface area contributed by atoms with Crippen molar-refractivity contribution in [3.05, 3.63) is 40.5 Å². The number of fused-ring (bicyclic) bond motifs is 1. The third-order valence-electron chi connectivity index (χ3n) is 4.28. The maximum absolute atomic E-state index is 13.4. The van der Waals surface area contributed by atoms with Gasteiger partial charge in [-0.15, -0.1) is 11.3 Å². The van der Waals surface area contributed by atoms with Crippen molar-refractivity contribution in [1.82, 2.24) is 24.8 Å². The van der Waals surface area contributed by atoms with Crippen molar-refractivity contribution in [2.24, 2.45) is 0 Å². The Hall–Kier alpha value is -2.68. The summed E-state index contributed by atoms with van der Waals surface area (Å²) in [5.74, 6) is -0.213. The van der Waals surface area contributed by atoms with Gasteiger partial charge in [0.25, 0.3) is 5.91 Å². The molecule has 0 spiro atoms. The minimum atomic E-state index is -0.406. The molecule has 1 aliphatic heterocycles. The summed E-state index contributed by atoms with van der Waals surface area (Å²) in [4.78, 5) is 31.6. The van der Waals surface area contributed by atoms with Gasteiger partial charge >= 0.3 is 0 Å². The molecule has 0 radical (unpaired) electrons. The van der Waals surface area contributed by atoms with Gasteiger partial charge in [-0.05, 0) is 31.9 Å². The SMILES string of the molecule is Cc1nc2nc(NC(C)c3cncc(F)c3)nc(C(=O)N3CCC3)c2s1. The van der Waals surface area contributed by atoms with E-state index < -0.39 is 5.82 Å². The highest BCUT2D eigenvalue weighted by Crippen LogP contribution is 2.27. The van der Waals surface area contributed by atoms with Crippen molar-refractivity contribution in [3.63, 3.8) is 0 Å². The van der Waals surface area contributed by atoms with E-state index in [1.807, 2.05) is 13.8 Å². The van der Waals surface area contributed by atoms with E-state index >= 15 is 0 Å². The van der Waals surface area contributed by atoms with Crippen molar-refractivity contribution >= 4 is 33.5 Å². The molecule has 0 saturated carbocycles. The third-order valence-corrected chi connectivity index (χ3v) is 5.25. The molecule has 0 aliphatic carbocycles. The lowest BCUT2D eigenvalue weighted by Crippen LogP contribution is -2.42. The highest BCUT2D eigenvalue weighted by molar-refractivity contribution is 7.18. The quantitative estimate of drug-likeness (QED) is 0.758. The van der Waals surface area contributed by atoms with Crippen LogP contribution in [0.3, 0.4) is 0 Å². The van der Waals surface area contributed by atoms with Gasteiger partial charge in [0, 0.05) is 19.3 Å². The summed E-state index contributed by atoms with van der Waals surface area (Å²) < 4.78 is 14.1. The second-order valence-electron chi connectivity index (χ2n) is 6.23. The van der Waals surface area contributed by atoms with Crippen molar-refractivity contribution < 1.29 is 9.18 Å². The van der Waals surface area contributed by atoms with Gasteiger partial charge in [0.15, 0.2) is 11.3 Å². The highest BCUT2D eigenvalue weighted by Gasteiger charge is 2.27. The Balaban J connectivity index is 1.69. The van der Waals surface area contributed by atoms with Gasteiger partial charge in [0.1, 0.15) is 10.5 Å². The van der Waals surface area contributed by atoms with E-state index in [1.54, 1.807) is 11.1 Å². The van der Waals surface area contributed by atoms with E-state index in [2.05, 4.69) is 25.3 Å². The lowest BCUT2D eigenvalue weighted by Gasteiger charge is -2.30. The van der Waals surface area contributed by atoms with E-state index in [9.17, 15) is 9.18 Å². The predicted molar refractivity (Wildman–Crippen MR) is 96.7 cm³/mol. The van der Waals surface area contributed by atoms with E-state index in [4.69, 9.17) is 0 Å². The van der Waals surface area contributed by atoms with Crippen LogP contribution >= 0.6 is 11.3 Å². The van der Waals surface area contributed by atoms with Crippen LogP contribution in [0.15, 0.2) is 18.5 Å². The summed E-state index contributed by atoms with van der Waals surface area (Å²) in [7, 11) is 0. The van der Waals surface area contributed by atoms with Gasteiger partial charge in [0.05, 0.1) is 17.2 Å². The Morgan fingerprint density at radius 3 is 2.81 bits per heavy atom. The molecule has 9 heteroatoms. The molecule has 1 atom stereocenters. The molecular formula is C17H17FN6OS. The van der Waals surface area contributed by atoms with E-state index in [0.29, 0.717) is 27.6 Å². The first-order chi connectivity index (χ1) is 12.5. The molecule has 1 N–H and O–H groups in total. The van der Waals surface area contributed by atoms with Crippen LogP contribution in [0.2, 0.25) is 0 Å². The Bertz CT molecular complexity index is 987. The van der Waals surface area contributed by atoms with Gasteiger partial charge in [-0.2, -0.15) is 4.98 Å². The molecule has 0 bridgehead atoms. The Morgan fingerprint density at radius 2 is 2.12 bits per heavy atom. The van der Waals surface area contributed by atoms with Crippen LogP contribution < -0.4 is 5.32 Å². The number of aryl methyl sites for hydroxylation is 1. The van der Waals surface area contributed by atoms with Crippen molar-refractivity contribution in [2.75, 3.05) is 18.4 Å².